The summed E-state index contributed by atoms with van der Waals surface area (Å²) in [6.45, 7) is 6.42. The normalized spacial score (nSPS) is 12.7. The minimum absolute atomic E-state index is 0.504. The Bertz CT molecular complexity index is 4520. The van der Waals surface area contributed by atoms with Crippen LogP contribution in [0.5, 0.6) is 0 Å². The molecule has 0 unspecified atom stereocenters. The summed E-state index contributed by atoms with van der Waals surface area (Å²) in [7, 11) is 0. The van der Waals surface area contributed by atoms with Crippen LogP contribution in [0, 0.1) is 0 Å². The van der Waals surface area contributed by atoms with Gasteiger partial charge in [0, 0.05) is 70.0 Å². The number of aromatic nitrogens is 5. The number of para-hydroxylation sites is 4. The molecule has 0 aliphatic heterocycles. The molecule has 6 nitrogen and oxygen atoms in total. The fourth-order valence-corrected chi connectivity index (χ4v) is 12.0. The summed E-state index contributed by atoms with van der Waals surface area (Å²) in [5.74, 6) is 1.63. The molecule has 0 atom stereocenters. The predicted octanol–water partition coefficient (Wildman–Crippen LogP) is 15.4. The summed E-state index contributed by atoms with van der Waals surface area (Å²) in [6, 6.07) is 73.0. The lowest BCUT2D eigenvalue weighted by Gasteiger charge is -2.13. The smallest absolute Gasteiger partial charge is 0.164 e. The van der Waals surface area contributed by atoms with Crippen molar-refractivity contribution in [2.75, 3.05) is 0 Å². The maximum atomic E-state index is 6.69. The van der Waals surface area contributed by atoms with Crippen molar-refractivity contribution in [2.45, 2.75) is 6.92 Å². The summed E-state index contributed by atoms with van der Waals surface area (Å²) < 4.78 is 13.9. The van der Waals surface area contributed by atoms with Crippen LogP contribution in [0.3, 0.4) is 0 Å². The molecule has 5 heterocycles. The molecule has 0 fully saturated rings. The number of thiophene rings is 1. The van der Waals surface area contributed by atoms with Gasteiger partial charge in [-0.2, -0.15) is 0 Å². The van der Waals surface area contributed by atoms with Gasteiger partial charge in [-0.05, 0) is 84.8 Å². The van der Waals surface area contributed by atoms with E-state index in [2.05, 4.69) is 192 Å². The molecule has 0 saturated heterocycles. The Morgan fingerprint density at radius 3 is 1.73 bits per heavy atom. The second-order valence-electron chi connectivity index (χ2n) is 17.9. The number of hydrogen-bond acceptors (Lipinski definition) is 5. The second kappa shape index (κ2) is 16.2. The van der Waals surface area contributed by atoms with Crippen LogP contribution in [0.1, 0.15) is 12.7 Å². The Hall–Kier alpha value is -9.17. The molecule has 14 rings (SSSR count). The summed E-state index contributed by atoms with van der Waals surface area (Å²) in [6.07, 6.45) is 3.87. The highest BCUT2D eigenvalue weighted by molar-refractivity contribution is 7.26. The molecule has 7 heteroatoms. The van der Waals surface area contributed by atoms with Crippen molar-refractivity contribution >= 4 is 97.7 Å². The Balaban J connectivity index is 0.982. The van der Waals surface area contributed by atoms with Gasteiger partial charge in [0.25, 0.3) is 0 Å². The van der Waals surface area contributed by atoms with Crippen molar-refractivity contribution in [1.82, 2.24) is 24.1 Å². The molecular formula is C64H41N5OS. The van der Waals surface area contributed by atoms with E-state index in [1.807, 2.05) is 60.7 Å². The molecule has 0 N–H and O–H groups in total. The number of fused-ring (bicyclic) bond motifs is 10. The predicted molar refractivity (Wildman–Crippen MR) is 296 cm³/mol. The van der Waals surface area contributed by atoms with Gasteiger partial charge >= 0.3 is 0 Å². The Morgan fingerprint density at radius 1 is 0.507 bits per heavy atom. The summed E-state index contributed by atoms with van der Waals surface area (Å²) in [4.78, 5) is 15.7. The zero-order valence-corrected chi connectivity index (χ0v) is 39.4. The Labute approximate surface area is 411 Å². The number of furan rings is 1. The van der Waals surface area contributed by atoms with Gasteiger partial charge in [0.15, 0.2) is 17.5 Å². The summed E-state index contributed by atoms with van der Waals surface area (Å²) >= 11 is 1.85. The van der Waals surface area contributed by atoms with Crippen molar-refractivity contribution in [3.63, 3.8) is 0 Å². The fraction of sp³-hybridized carbons (Fsp3) is 0.0156. The lowest BCUT2D eigenvalue weighted by Crippen LogP contribution is -2.24. The molecule has 9 aromatic carbocycles. The summed E-state index contributed by atoms with van der Waals surface area (Å²) in [5.41, 5.74) is 13.0. The van der Waals surface area contributed by atoms with Gasteiger partial charge in [0.05, 0.1) is 32.5 Å². The molecule has 0 saturated carbocycles. The number of hydrogen-bond donors (Lipinski definition) is 0. The lowest BCUT2D eigenvalue weighted by atomic mass is 9.97. The highest BCUT2D eigenvalue weighted by Gasteiger charge is 2.22. The highest BCUT2D eigenvalue weighted by atomic mass is 32.1. The van der Waals surface area contributed by atoms with E-state index in [1.54, 1.807) is 0 Å². The molecular weight excluding hydrogens is 887 g/mol. The standard InChI is InChI=1S/C64H41N5OS/c1-3-43(64-66-62(39-19-6-5-7-20-39)65-63(67-64)41-21-18-22-42(37-41)68-51-28-13-8-23-45(51)46-24-9-14-29-52(46)68)59-50-38-40(33-36-57(50)70-56(59)4-2)44-34-35-55(61-60(44)49-27-12-17-32-58(49)71-61)69-53-30-15-10-25-47(53)48-26-11-16-31-54(48)69/h3-38H,1H2,2H3/b56-4+,59-43+. The molecule has 14 aromatic rings. The van der Waals surface area contributed by atoms with Crippen molar-refractivity contribution in [2.24, 2.45) is 0 Å². The number of benzene rings is 9. The van der Waals surface area contributed by atoms with Crippen LogP contribution in [-0.4, -0.2) is 24.1 Å². The van der Waals surface area contributed by atoms with E-state index < -0.39 is 0 Å². The lowest BCUT2D eigenvalue weighted by molar-refractivity contribution is 0.574. The first-order valence-electron chi connectivity index (χ1n) is 23.8. The van der Waals surface area contributed by atoms with E-state index in [1.165, 1.54) is 52.8 Å². The van der Waals surface area contributed by atoms with E-state index in [9.17, 15) is 0 Å². The van der Waals surface area contributed by atoms with E-state index >= 15 is 0 Å². The third-order valence-electron chi connectivity index (χ3n) is 13.9. The van der Waals surface area contributed by atoms with Crippen LogP contribution in [-0.2, 0) is 0 Å². The van der Waals surface area contributed by atoms with Crippen LogP contribution in [0.2, 0.25) is 0 Å². The molecule has 334 valence electrons. The third-order valence-corrected chi connectivity index (χ3v) is 15.1. The molecule has 0 radical (unpaired) electrons. The monoisotopic (exact) mass is 927 g/mol. The third kappa shape index (κ3) is 6.37. The van der Waals surface area contributed by atoms with E-state index in [-0.39, 0.29) is 0 Å². The summed E-state index contributed by atoms with van der Waals surface area (Å²) in [5, 5.41) is 9.17. The minimum Gasteiger partial charge on any atom is -0.456 e. The molecule has 0 aliphatic rings. The average molecular weight is 928 g/mol. The van der Waals surface area contributed by atoms with Gasteiger partial charge in [0.1, 0.15) is 11.0 Å². The van der Waals surface area contributed by atoms with Crippen LogP contribution in [0.25, 0.3) is 132 Å². The van der Waals surface area contributed by atoms with Crippen LogP contribution in [0.4, 0.5) is 0 Å². The van der Waals surface area contributed by atoms with Crippen molar-refractivity contribution in [1.29, 1.82) is 0 Å². The van der Waals surface area contributed by atoms with Crippen LogP contribution in [0.15, 0.2) is 223 Å². The molecule has 5 aromatic heterocycles. The molecule has 0 bridgehead atoms. The maximum absolute atomic E-state index is 6.69. The number of allylic oxidation sites excluding steroid dienone is 1. The van der Waals surface area contributed by atoms with E-state index in [0.717, 1.165) is 71.8 Å². The van der Waals surface area contributed by atoms with E-state index in [4.69, 9.17) is 19.4 Å². The van der Waals surface area contributed by atoms with Gasteiger partial charge in [-0.3, -0.25) is 0 Å². The van der Waals surface area contributed by atoms with E-state index in [0.29, 0.717) is 17.5 Å². The van der Waals surface area contributed by atoms with Crippen molar-refractivity contribution < 1.29 is 4.42 Å². The first kappa shape index (κ1) is 40.9. The highest BCUT2D eigenvalue weighted by Crippen LogP contribution is 2.45. The van der Waals surface area contributed by atoms with Crippen molar-refractivity contribution in [3.05, 3.63) is 235 Å². The van der Waals surface area contributed by atoms with Crippen LogP contribution >= 0.6 is 11.3 Å². The molecule has 0 aliphatic carbocycles. The minimum atomic E-state index is 0.504. The number of nitrogens with zero attached hydrogens (tertiary/aromatic N) is 5. The Morgan fingerprint density at radius 2 is 1.08 bits per heavy atom. The van der Waals surface area contributed by atoms with Crippen molar-refractivity contribution in [3.8, 4) is 45.3 Å². The van der Waals surface area contributed by atoms with Gasteiger partial charge in [0.2, 0.25) is 0 Å². The molecule has 71 heavy (non-hydrogen) atoms. The zero-order valence-electron chi connectivity index (χ0n) is 38.5. The van der Waals surface area contributed by atoms with Crippen LogP contribution < -0.4 is 10.6 Å². The topological polar surface area (TPSA) is 61.7 Å². The maximum Gasteiger partial charge on any atom is 0.164 e. The quantitative estimate of drug-likeness (QED) is 0.160. The zero-order chi connectivity index (χ0) is 47.2. The fourth-order valence-electron chi connectivity index (χ4n) is 10.8. The van der Waals surface area contributed by atoms with Gasteiger partial charge in [-0.25, -0.2) is 15.0 Å². The van der Waals surface area contributed by atoms with Gasteiger partial charge in [-0.15, -0.1) is 11.3 Å². The Kier molecular flexibility index (Phi) is 9.34. The first-order chi connectivity index (χ1) is 35.1. The second-order valence-corrected chi connectivity index (χ2v) is 18.9. The SMILES string of the molecule is C=C/C(c1nc(-c2ccccc2)nc(-c2cccc(-n3c4ccccc4c4ccccc43)c2)n1)=c1\c(=C/C)oc2ccc(-c3ccc(-n4c5ccccc5c5ccccc54)c4sc5ccccc5c34)cc12. The first-order valence-corrected chi connectivity index (χ1v) is 24.6. The largest absolute Gasteiger partial charge is 0.456 e. The van der Waals surface area contributed by atoms with Gasteiger partial charge in [-0.1, -0.05) is 158 Å². The molecule has 0 spiro atoms. The average Bonchev–Trinajstić information content (AvgIpc) is 4.19. The van der Waals surface area contributed by atoms with Gasteiger partial charge < -0.3 is 13.6 Å². The molecule has 0 amide bonds. The number of rotatable bonds is 7.